The number of carbonyl (C=O) groups excluding carboxylic acids is 2. The number of fused-ring (bicyclic) bond motifs is 1. The maximum absolute atomic E-state index is 12.3. The van der Waals surface area contributed by atoms with Crippen molar-refractivity contribution in [1.29, 1.82) is 0 Å². The number of amides is 2. The average Bonchev–Trinajstić information content (AvgIpc) is 3.20. The van der Waals surface area contributed by atoms with Crippen molar-refractivity contribution in [2.24, 2.45) is 10.7 Å². The van der Waals surface area contributed by atoms with Gasteiger partial charge in [-0.25, -0.2) is 4.99 Å². The van der Waals surface area contributed by atoms with Crippen molar-refractivity contribution in [3.63, 3.8) is 0 Å². The third-order valence-corrected chi connectivity index (χ3v) is 4.26. The second-order valence-electron chi connectivity index (χ2n) is 7.24. The molecule has 2 heterocycles. The van der Waals surface area contributed by atoms with Crippen LogP contribution in [0.5, 0.6) is 0 Å². The van der Waals surface area contributed by atoms with Crippen LogP contribution in [0.15, 0.2) is 64.7 Å². The Morgan fingerprint density at radius 3 is 2.47 bits per heavy atom. The second kappa shape index (κ2) is 13.9. The minimum absolute atomic E-state index is 0.0481. The Bertz CT molecular complexity index is 1160. The Morgan fingerprint density at radius 1 is 1.24 bits per heavy atom. The van der Waals surface area contributed by atoms with Gasteiger partial charge in [-0.05, 0) is 49.7 Å². The number of aryl methyl sites for hydroxylation is 1. The zero-order chi connectivity index (χ0) is 25.7. The van der Waals surface area contributed by atoms with Crippen LogP contribution in [0.3, 0.4) is 0 Å². The molecule has 8 nitrogen and oxygen atoms in total. The molecule has 0 fully saturated rings. The molecule has 178 valence electrons. The highest BCUT2D eigenvalue weighted by Crippen LogP contribution is 2.24. The summed E-state index contributed by atoms with van der Waals surface area (Å²) in [5.74, 6) is 0.0462. The molecule has 1 aromatic carbocycles. The van der Waals surface area contributed by atoms with E-state index in [2.05, 4.69) is 41.6 Å². The number of nitrogens with one attached hydrogen (secondary N) is 1. The number of terminal acetylenes is 1. The van der Waals surface area contributed by atoms with Crippen molar-refractivity contribution in [2.45, 2.75) is 26.7 Å². The molecule has 0 radical (unpaired) electrons. The SMILES string of the molecule is C#C.C=CCCC.Cc1cc2cc(N=C(N)NC(=O)c3ccc(C(=O)N(C)C)nc3)ccc2o1. The minimum atomic E-state index is -0.465. The van der Waals surface area contributed by atoms with Gasteiger partial charge in [0.1, 0.15) is 17.0 Å². The third kappa shape index (κ3) is 8.28. The Kier molecular flexibility index (Phi) is 11.3. The van der Waals surface area contributed by atoms with E-state index in [1.54, 1.807) is 26.2 Å². The molecule has 0 saturated heterocycles. The number of hydrogen-bond acceptors (Lipinski definition) is 5. The first-order chi connectivity index (χ1) is 16.2. The lowest BCUT2D eigenvalue weighted by molar-refractivity contribution is 0.0821. The topological polar surface area (TPSA) is 114 Å². The van der Waals surface area contributed by atoms with E-state index < -0.39 is 5.91 Å². The van der Waals surface area contributed by atoms with E-state index in [9.17, 15) is 9.59 Å². The van der Waals surface area contributed by atoms with Gasteiger partial charge in [0.15, 0.2) is 0 Å². The quantitative estimate of drug-likeness (QED) is 0.252. The van der Waals surface area contributed by atoms with E-state index in [1.807, 2.05) is 25.1 Å². The van der Waals surface area contributed by atoms with Gasteiger partial charge in [0, 0.05) is 25.7 Å². The third-order valence-electron chi connectivity index (χ3n) is 4.26. The van der Waals surface area contributed by atoms with Gasteiger partial charge in [0.05, 0.1) is 11.3 Å². The van der Waals surface area contributed by atoms with E-state index in [1.165, 1.54) is 29.7 Å². The number of nitrogens with two attached hydrogens (primary N) is 1. The predicted octanol–water partition coefficient (Wildman–Crippen LogP) is 4.44. The molecule has 0 aliphatic heterocycles. The summed E-state index contributed by atoms with van der Waals surface area (Å²) in [5, 5.41) is 3.40. The van der Waals surface area contributed by atoms with Gasteiger partial charge in [-0.2, -0.15) is 0 Å². The van der Waals surface area contributed by atoms with E-state index in [4.69, 9.17) is 10.2 Å². The van der Waals surface area contributed by atoms with Crippen LogP contribution in [-0.4, -0.2) is 41.8 Å². The van der Waals surface area contributed by atoms with Crippen LogP contribution < -0.4 is 11.1 Å². The molecule has 34 heavy (non-hydrogen) atoms. The molecule has 8 heteroatoms. The molecule has 0 atom stereocenters. The molecule has 3 aromatic rings. The van der Waals surface area contributed by atoms with Gasteiger partial charge >= 0.3 is 0 Å². The Morgan fingerprint density at radius 2 is 1.94 bits per heavy atom. The molecule has 3 rings (SSSR count). The van der Waals surface area contributed by atoms with Crippen LogP contribution in [0.25, 0.3) is 11.0 Å². The summed E-state index contributed by atoms with van der Waals surface area (Å²) in [4.78, 5) is 33.7. The van der Waals surface area contributed by atoms with Crippen LogP contribution >= 0.6 is 0 Å². The summed E-state index contributed by atoms with van der Waals surface area (Å²) < 4.78 is 5.51. The fourth-order valence-electron chi connectivity index (χ4n) is 2.68. The molecule has 0 aliphatic carbocycles. The first-order valence-corrected chi connectivity index (χ1v) is 10.5. The van der Waals surface area contributed by atoms with Gasteiger partial charge in [-0.1, -0.05) is 19.4 Å². The van der Waals surface area contributed by atoms with Gasteiger partial charge in [0.2, 0.25) is 5.96 Å². The monoisotopic (exact) mass is 461 g/mol. The lowest BCUT2D eigenvalue weighted by Gasteiger charge is -2.09. The number of hydrogen-bond donors (Lipinski definition) is 2. The summed E-state index contributed by atoms with van der Waals surface area (Å²) in [6.45, 7) is 7.56. The Hall–Kier alpha value is -4.38. The Balaban J connectivity index is 0.000000733. The molecular formula is C26H31N5O3. The van der Waals surface area contributed by atoms with Crippen LogP contribution in [0.2, 0.25) is 0 Å². The second-order valence-corrected chi connectivity index (χ2v) is 7.24. The van der Waals surface area contributed by atoms with E-state index in [-0.39, 0.29) is 23.1 Å². The van der Waals surface area contributed by atoms with Crippen molar-refractivity contribution in [1.82, 2.24) is 15.2 Å². The summed E-state index contributed by atoms with van der Waals surface area (Å²) >= 11 is 0. The van der Waals surface area contributed by atoms with E-state index in [0.717, 1.165) is 23.2 Å². The standard InChI is InChI=1S/C19H19N5O3.C5H10.C2H2/c1-11-8-13-9-14(5-7-16(13)27-11)22-19(20)23-17(25)12-4-6-15(21-10-12)18(26)24(2)3;1-3-5-4-2;1-2/h4-10H,1-3H3,(H3,20,22,23,25);3H,1,4-5H2,2H3;1-2H. The number of furan rings is 1. The maximum Gasteiger partial charge on any atom is 0.271 e. The lowest BCUT2D eigenvalue weighted by atomic mass is 10.2. The van der Waals surface area contributed by atoms with Crippen molar-refractivity contribution >= 4 is 34.4 Å². The Labute approximate surface area is 200 Å². The van der Waals surface area contributed by atoms with Crippen molar-refractivity contribution in [3.8, 4) is 12.8 Å². The van der Waals surface area contributed by atoms with Crippen LogP contribution in [0.1, 0.15) is 46.4 Å². The number of carbonyl (C=O) groups is 2. The summed E-state index contributed by atoms with van der Waals surface area (Å²) in [5.41, 5.74) is 7.69. The number of pyridine rings is 1. The summed E-state index contributed by atoms with van der Waals surface area (Å²) in [6, 6.07) is 10.2. The van der Waals surface area contributed by atoms with Gasteiger partial charge in [-0.3, -0.25) is 19.9 Å². The van der Waals surface area contributed by atoms with Crippen LogP contribution in [-0.2, 0) is 0 Å². The lowest BCUT2D eigenvalue weighted by Crippen LogP contribution is -2.36. The van der Waals surface area contributed by atoms with Gasteiger partial charge < -0.3 is 15.1 Å². The molecule has 0 aliphatic rings. The van der Waals surface area contributed by atoms with Crippen molar-refractivity contribution < 1.29 is 14.0 Å². The number of unbranched alkanes of at least 4 members (excludes halogenated alkanes) is 1. The molecule has 2 aromatic heterocycles. The van der Waals surface area contributed by atoms with Gasteiger partial charge in [-0.15, -0.1) is 19.4 Å². The van der Waals surface area contributed by atoms with Crippen LogP contribution in [0.4, 0.5) is 5.69 Å². The van der Waals surface area contributed by atoms with Crippen LogP contribution in [0, 0.1) is 19.8 Å². The molecule has 0 unspecified atom stereocenters. The number of benzene rings is 1. The number of allylic oxidation sites excluding steroid dienone is 1. The molecule has 0 bridgehead atoms. The average molecular weight is 462 g/mol. The summed E-state index contributed by atoms with van der Waals surface area (Å²) in [7, 11) is 3.26. The maximum atomic E-state index is 12.3. The number of rotatable bonds is 5. The minimum Gasteiger partial charge on any atom is -0.461 e. The highest BCUT2D eigenvalue weighted by Gasteiger charge is 2.12. The fourth-order valence-corrected chi connectivity index (χ4v) is 2.68. The first-order valence-electron chi connectivity index (χ1n) is 10.5. The van der Waals surface area contributed by atoms with Gasteiger partial charge in [0.25, 0.3) is 11.8 Å². The first kappa shape index (κ1) is 27.7. The molecule has 0 saturated carbocycles. The number of aliphatic imine (C=N–C) groups is 1. The van der Waals surface area contributed by atoms with E-state index >= 15 is 0 Å². The normalized spacial score (nSPS) is 10.2. The molecule has 2 amide bonds. The highest BCUT2D eigenvalue weighted by atomic mass is 16.3. The smallest absolute Gasteiger partial charge is 0.271 e. The largest absolute Gasteiger partial charge is 0.461 e. The predicted molar refractivity (Wildman–Crippen MR) is 137 cm³/mol. The van der Waals surface area contributed by atoms with Crippen molar-refractivity contribution in [2.75, 3.05) is 14.1 Å². The molecule has 0 spiro atoms. The zero-order valence-corrected chi connectivity index (χ0v) is 20.0. The molecule has 3 N–H and O–H groups in total. The number of nitrogens with zero attached hydrogens (tertiary/aromatic N) is 3. The van der Waals surface area contributed by atoms with E-state index in [0.29, 0.717) is 5.69 Å². The highest BCUT2D eigenvalue weighted by molar-refractivity contribution is 6.06. The summed E-state index contributed by atoms with van der Waals surface area (Å²) in [6.07, 6.45) is 13.6. The fraction of sp³-hybridized carbons (Fsp3) is 0.231. The number of guanidine groups is 1. The van der Waals surface area contributed by atoms with Crippen molar-refractivity contribution in [3.05, 3.63) is 72.3 Å². The number of aromatic nitrogens is 1. The zero-order valence-electron chi connectivity index (χ0n) is 20.0. The molecular weight excluding hydrogens is 430 g/mol.